The van der Waals surface area contributed by atoms with E-state index in [2.05, 4.69) is 5.32 Å². The minimum atomic E-state index is -0.269. The van der Waals surface area contributed by atoms with E-state index < -0.39 is 0 Å². The van der Waals surface area contributed by atoms with Crippen LogP contribution in [0.3, 0.4) is 0 Å². The second-order valence-corrected chi connectivity index (χ2v) is 5.33. The molecule has 2 rings (SSSR count). The number of benzene rings is 2. The lowest BCUT2D eigenvalue weighted by Gasteiger charge is -2.12. The van der Waals surface area contributed by atoms with E-state index in [1.807, 2.05) is 31.2 Å². The number of aryl methyl sites for hydroxylation is 1. The molecule has 2 aromatic rings. The maximum absolute atomic E-state index is 12.1. The normalized spacial score (nSPS) is 10.6. The van der Waals surface area contributed by atoms with Crippen LogP contribution in [0.1, 0.15) is 11.1 Å². The standard InChI is InChI=1S/C18H18ClNO3/c1-12-5-4-6-13(9-12)7-8-18(21)20-15-11-16(22-2)14(19)10-17(15)23-3/h4-11H,1-3H3,(H,20,21). The lowest BCUT2D eigenvalue weighted by atomic mass is 10.1. The first-order valence-electron chi connectivity index (χ1n) is 7.00. The van der Waals surface area contributed by atoms with Crippen LogP contribution in [-0.4, -0.2) is 20.1 Å². The maximum Gasteiger partial charge on any atom is 0.248 e. The van der Waals surface area contributed by atoms with Crippen molar-refractivity contribution < 1.29 is 14.3 Å². The molecule has 4 nitrogen and oxygen atoms in total. The molecule has 0 atom stereocenters. The zero-order valence-electron chi connectivity index (χ0n) is 13.2. The van der Waals surface area contributed by atoms with Crippen LogP contribution < -0.4 is 14.8 Å². The predicted molar refractivity (Wildman–Crippen MR) is 93.4 cm³/mol. The van der Waals surface area contributed by atoms with Crippen molar-refractivity contribution in [3.8, 4) is 11.5 Å². The third-order valence-corrected chi connectivity index (χ3v) is 3.50. The number of ether oxygens (including phenoxy) is 2. The van der Waals surface area contributed by atoms with Crippen molar-refractivity contribution in [2.75, 3.05) is 19.5 Å². The summed E-state index contributed by atoms with van der Waals surface area (Å²) in [5.41, 5.74) is 2.59. The van der Waals surface area contributed by atoms with Crippen LogP contribution in [0.5, 0.6) is 11.5 Å². The van der Waals surface area contributed by atoms with Gasteiger partial charge in [-0.05, 0) is 18.6 Å². The Morgan fingerprint density at radius 3 is 2.52 bits per heavy atom. The Labute approximate surface area is 140 Å². The number of carbonyl (C=O) groups is 1. The van der Waals surface area contributed by atoms with Gasteiger partial charge in [-0.15, -0.1) is 0 Å². The summed E-state index contributed by atoms with van der Waals surface area (Å²) in [6, 6.07) is 11.1. The van der Waals surface area contributed by atoms with E-state index in [0.717, 1.165) is 11.1 Å². The molecule has 0 radical (unpaired) electrons. The molecule has 0 spiro atoms. The fraction of sp³-hybridized carbons (Fsp3) is 0.167. The summed E-state index contributed by atoms with van der Waals surface area (Å²) < 4.78 is 10.4. The molecule has 0 bridgehead atoms. The van der Waals surface area contributed by atoms with Crippen molar-refractivity contribution in [3.63, 3.8) is 0 Å². The van der Waals surface area contributed by atoms with Crippen LogP contribution in [0.2, 0.25) is 5.02 Å². The molecule has 1 amide bonds. The van der Waals surface area contributed by atoms with Crippen molar-refractivity contribution in [3.05, 3.63) is 58.6 Å². The van der Waals surface area contributed by atoms with Crippen LogP contribution in [0, 0.1) is 6.92 Å². The topological polar surface area (TPSA) is 47.6 Å². The lowest BCUT2D eigenvalue weighted by molar-refractivity contribution is -0.111. The third kappa shape index (κ3) is 4.50. The average molecular weight is 332 g/mol. The van der Waals surface area contributed by atoms with Gasteiger partial charge in [0.1, 0.15) is 11.5 Å². The van der Waals surface area contributed by atoms with Crippen LogP contribution >= 0.6 is 11.6 Å². The van der Waals surface area contributed by atoms with Gasteiger partial charge in [-0.2, -0.15) is 0 Å². The minimum absolute atomic E-state index is 0.269. The van der Waals surface area contributed by atoms with Gasteiger partial charge in [-0.1, -0.05) is 41.4 Å². The quantitative estimate of drug-likeness (QED) is 0.830. The van der Waals surface area contributed by atoms with E-state index in [0.29, 0.717) is 22.2 Å². The number of rotatable bonds is 5. The summed E-state index contributed by atoms with van der Waals surface area (Å²) in [6.45, 7) is 2.00. The molecule has 0 aliphatic carbocycles. The highest BCUT2D eigenvalue weighted by Crippen LogP contribution is 2.35. The van der Waals surface area contributed by atoms with Gasteiger partial charge in [0, 0.05) is 18.2 Å². The number of nitrogens with one attached hydrogen (secondary N) is 1. The number of methoxy groups -OCH3 is 2. The molecule has 0 aromatic heterocycles. The molecule has 1 N–H and O–H groups in total. The first kappa shape index (κ1) is 16.9. The number of carbonyl (C=O) groups excluding carboxylic acids is 1. The minimum Gasteiger partial charge on any atom is -0.495 e. The Balaban J connectivity index is 2.16. The van der Waals surface area contributed by atoms with Crippen molar-refractivity contribution in [1.82, 2.24) is 0 Å². The van der Waals surface area contributed by atoms with Gasteiger partial charge in [0.25, 0.3) is 0 Å². The molecule has 0 fully saturated rings. The van der Waals surface area contributed by atoms with Crippen LogP contribution in [0.25, 0.3) is 6.08 Å². The predicted octanol–water partition coefficient (Wildman–Crippen LogP) is 4.32. The second kappa shape index (κ2) is 7.70. The van der Waals surface area contributed by atoms with Gasteiger partial charge in [-0.25, -0.2) is 0 Å². The maximum atomic E-state index is 12.1. The Morgan fingerprint density at radius 1 is 1.13 bits per heavy atom. The molecular formula is C18H18ClNO3. The zero-order chi connectivity index (χ0) is 16.8. The Morgan fingerprint density at radius 2 is 1.87 bits per heavy atom. The SMILES string of the molecule is COc1cc(NC(=O)C=Cc2cccc(C)c2)c(OC)cc1Cl. The van der Waals surface area contributed by atoms with E-state index >= 15 is 0 Å². The average Bonchev–Trinajstić information content (AvgIpc) is 2.54. The van der Waals surface area contributed by atoms with Gasteiger partial charge in [0.2, 0.25) is 5.91 Å². The second-order valence-electron chi connectivity index (χ2n) is 4.92. The smallest absolute Gasteiger partial charge is 0.248 e. The van der Waals surface area contributed by atoms with Gasteiger partial charge in [-0.3, -0.25) is 4.79 Å². The van der Waals surface area contributed by atoms with Gasteiger partial charge < -0.3 is 14.8 Å². The van der Waals surface area contributed by atoms with Crippen molar-refractivity contribution in [2.24, 2.45) is 0 Å². The van der Waals surface area contributed by atoms with Gasteiger partial charge in [0.15, 0.2) is 0 Å². The van der Waals surface area contributed by atoms with E-state index in [1.165, 1.54) is 20.3 Å². The van der Waals surface area contributed by atoms with E-state index in [4.69, 9.17) is 21.1 Å². The highest BCUT2D eigenvalue weighted by molar-refractivity contribution is 6.32. The number of anilines is 1. The van der Waals surface area contributed by atoms with Crippen LogP contribution in [0.15, 0.2) is 42.5 Å². The molecule has 0 saturated carbocycles. The van der Waals surface area contributed by atoms with Crippen molar-refractivity contribution in [1.29, 1.82) is 0 Å². The molecule has 0 aliphatic heterocycles. The Bertz CT molecular complexity index is 741. The summed E-state index contributed by atoms with van der Waals surface area (Å²) in [6.07, 6.45) is 3.22. The van der Waals surface area contributed by atoms with Crippen LogP contribution in [-0.2, 0) is 4.79 Å². The molecule has 2 aromatic carbocycles. The lowest BCUT2D eigenvalue weighted by Crippen LogP contribution is -2.09. The molecule has 120 valence electrons. The molecule has 23 heavy (non-hydrogen) atoms. The highest BCUT2D eigenvalue weighted by atomic mass is 35.5. The largest absolute Gasteiger partial charge is 0.495 e. The van der Waals surface area contributed by atoms with E-state index in [1.54, 1.807) is 18.2 Å². The van der Waals surface area contributed by atoms with Gasteiger partial charge >= 0.3 is 0 Å². The van der Waals surface area contributed by atoms with E-state index in [-0.39, 0.29) is 5.91 Å². The fourth-order valence-corrected chi connectivity index (χ4v) is 2.31. The number of hydrogen-bond donors (Lipinski definition) is 1. The first-order chi connectivity index (χ1) is 11.0. The molecule has 0 aliphatic rings. The Hall–Kier alpha value is -2.46. The molecular weight excluding hydrogens is 314 g/mol. The molecule has 0 heterocycles. The summed E-state index contributed by atoms with van der Waals surface area (Å²) in [7, 11) is 3.02. The summed E-state index contributed by atoms with van der Waals surface area (Å²) in [5.74, 6) is 0.660. The van der Waals surface area contributed by atoms with E-state index in [9.17, 15) is 4.79 Å². The number of halogens is 1. The van der Waals surface area contributed by atoms with Crippen molar-refractivity contribution >= 4 is 29.3 Å². The van der Waals surface area contributed by atoms with Gasteiger partial charge in [0.05, 0.1) is 24.9 Å². The third-order valence-electron chi connectivity index (χ3n) is 3.20. The Kier molecular flexibility index (Phi) is 5.66. The number of amides is 1. The summed E-state index contributed by atoms with van der Waals surface area (Å²) in [4.78, 5) is 12.1. The summed E-state index contributed by atoms with van der Waals surface area (Å²) in [5, 5.41) is 3.17. The first-order valence-corrected chi connectivity index (χ1v) is 7.38. The zero-order valence-corrected chi connectivity index (χ0v) is 14.0. The number of hydrogen-bond acceptors (Lipinski definition) is 3. The van der Waals surface area contributed by atoms with Crippen LogP contribution in [0.4, 0.5) is 5.69 Å². The highest BCUT2D eigenvalue weighted by Gasteiger charge is 2.11. The fourth-order valence-electron chi connectivity index (χ4n) is 2.08. The molecule has 5 heteroatoms. The van der Waals surface area contributed by atoms with Crippen molar-refractivity contribution in [2.45, 2.75) is 6.92 Å². The monoisotopic (exact) mass is 331 g/mol. The molecule has 0 saturated heterocycles. The summed E-state index contributed by atoms with van der Waals surface area (Å²) >= 11 is 6.04. The molecule has 0 unspecified atom stereocenters.